The van der Waals surface area contributed by atoms with Crippen LogP contribution in [-0.4, -0.2) is 42.3 Å². The van der Waals surface area contributed by atoms with E-state index in [1.54, 1.807) is 6.92 Å². The second-order valence-electron chi connectivity index (χ2n) is 9.59. The van der Waals surface area contributed by atoms with Crippen LogP contribution in [0.5, 0.6) is 0 Å². The maximum absolute atomic E-state index is 12.9. The smallest absolute Gasteiger partial charge is 0.407 e. The van der Waals surface area contributed by atoms with Crippen molar-refractivity contribution >= 4 is 18.0 Å². The Kier molecular flexibility index (Phi) is 7.97. The zero-order valence-corrected chi connectivity index (χ0v) is 20.3. The number of ether oxygens (including phenoxy) is 1. The van der Waals surface area contributed by atoms with Crippen LogP contribution in [0.25, 0.3) is 11.1 Å². The van der Waals surface area contributed by atoms with Gasteiger partial charge >= 0.3 is 12.1 Å². The summed E-state index contributed by atoms with van der Waals surface area (Å²) in [7, 11) is 0. The summed E-state index contributed by atoms with van der Waals surface area (Å²) in [5.41, 5.74) is 3.59. The summed E-state index contributed by atoms with van der Waals surface area (Å²) < 4.78 is 5.56. The summed E-state index contributed by atoms with van der Waals surface area (Å²) in [6.45, 7) is 7.57. The molecule has 0 bridgehead atoms. The Bertz CT molecular complexity index is 1010. The summed E-state index contributed by atoms with van der Waals surface area (Å²) >= 11 is 0. The summed E-state index contributed by atoms with van der Waals surface area (Å²) in [5, 5.41) is 14.8. The molecule has 3 rings (SSSR count). The number of hydrogen-bond acceptors (Lipinski definition) is 4. The lowest BCUT2D eigenvalue weighted by Gasteiger charge is -2.29. The molecule has 2 atom stereocenters. The van der Waals surface area contributed by atoms with Crippen LogP contribution in [0.4, 0.5) is 4.79 Å². The van der Waals surface area contributed by atoms with Crippen LogP contribution in [0.1, 0.15) is 57.6 Å². The molecule has 0 fully saturated rings. The molecule has 3 N–H and O–H groups in total. The molecule has 1 aliphatic carbocycles. The van der Waals surface area contributed by atoms with E-state index < -0.39 is 29.4 Å². The second-order valence-corrected chi connectivity index (χ2v) is 9.59. The third-order valence-electron chi connectivity index (χ3n) is 6.61. The molecule has 2 amide bonds. The van der Waals surface area contributed by atoms with Crippen molar-refractivity contribution in [3.05, 3.63) is 59.7 Å². The van der Waals surface area contributed by atoms with Crippen LogP contribution in [0.3, 0.4) is 0 Å². The number of fused-ring (bicyclic) bond motifs is 3. The van der Waals surface area contributed by atoms with Gasteiger partial charge in [-0.05, 0) is 47.9 Å². The molecular formula is C27H34N2O5. The molecule has 0 spiro atoms. The number of alkyl carbamates (subject to hydrolysis) is 1. The van der Waals surface area contributed by atoms with Crippen LogP contribution in [0.15, 0.2) is 48.5 Å². The van der Waals surface area contributed by atoms with Crippen molar-refractivity contribution in [2.45, 2.75) is 52.5 Å². The Morgan fingerprint density at radius 3 is 2.09 bits per heavy atom. The third kappa shape index (κ3) is 5.58. The van der Waals surface area contributed by atoms with Crippen molar-refractivity contribution in [3.8, 4) is 11.1 Å². The van der Waals surface area contributed by atoms with E-state index in [1.165, 1.54) is 0 Å². The minimum Gasteiger partial charge on any atom is -0.480 e. The Hall–Kier alpha value is -3.35. The highest BCUT2D eigenvalue weighted by molar-refractivity contribution is 5.87. The van der Waals surface area contributed by atoms with Gasteiger partial charge in [0.2, 0.25) is 5.91 Å². The van der Waals surface area contributed by atoms with Gasteiger partial charge < -0.3 is 20.5 Å². The zero-order valence-electron chi connectivity index (χ0n) is 20.3. The lowest BCUT2D eigenvalue weighted by atomic mass is 9.85. The maximum atomic E-state index is 12.9. The van der Waals surface area contributed by atoms with E-state index in [-0.39, 0.29) is 25.0 Å². The Balaban J connectivity index is 1.59. The van der Waals surface area contributed by atoms with Gasteiger partial charge in [-0.15, -0.1) is 0 Å². The molecule has 7 heteroatoms. The lowest BCUT2D eigenvalue weighted by molar-refractivity contribution is -0.144. The van der Waals surface area contributed by atoms with Crippen LogP contribution in [-0.2, 0) is 14.3 Å². The highest BCUT2D eigenvalue weighted by atomic mass is 16.5. The molecule has 2 aromatic carbocycles. The topological polar surface area (TPSA) is 105 Å². The number of amides is 2. The summed E-state index contributed by atoms with van der Waals surface area (Å²) in [6, 6.07) is 15.2. The quantitative estimate of drug-likeness (QED) is 0.476. The molecule has 0 aromatic heterocycles. The van der Waals surface area contributed by atoms with E-state index in [2.05, 4.69) is 34.9 Å². The van der Waals surface area contributed by atoms with Crippen molar-refractivity contribution < 1.29 is 24.2 Å². The first-order valence-corrected chi connectivity index (χ1v) is 11.8. The predicted octanol–water partition coefficient (Wildman–Crippen LogP) is 4.56. The van der Waals surface area contributed by atoms with Crippen molar-refractivity contribution in [1.29, 1.82) is 0 Å². The fourth-order valence-corrected chi connectivity index (χ4v) is 4.31. The predicted molar refractivity (Wildman–Crippen MR) is 130 cm³/mol. The van der Waals surface area contributed by atoms with E-state index in [0.29, 0.717) is 12.8 Å². The van der Waals surface area contributed by atoms with E-state index in [1.807, 2.05) is 45.0 Å². The van der Waals surface area contributed by atoms with Crippen LogP contribution in [0.2, 0.25) is 0 Å². The number of nitrogens with one attached hydrogen (secondary N) is 2. The number of hydrogen-bond donors (Lipinski definition) is 3. The van der Waals surface area contributed by atoms with Crippen LogP contribution < -0.4 is 10.6 Å². The number of carboxylic acids is 1. The maximum Gasteiger partial charge on any atom is 0.407 e. The molecule has 1 aliphatic rings. The third-order valence-corrected chi connectivity index (χ3v) is 6.61. The van der Waals surface area contributed by atoms with Gasteiger partial charge in [0.1, 0.15) is 12.6 Å². The van der Waals surface area contributed by atoms with E-state index >= 15 is 0 Å². The van der Waals surface area contributed by atoms with Gasteiger partial charge in [-0.3, -0.25) is 4.79 Å². The van der Waals surface area contributed by atoms with Gasteiger partial charge in [0, 0.05) is 12.5 Å². The van der Waals surface area contributed by atoms with Crippen LogP contribution >= 0.6 is 0 Å². The van der Waals surface area contributed by atoms with E-state index in [0.717, 1.165) is 22.3 Å². The van der Waals surface area contributed by atoms with Gasteiger partial charge in [0.15, 0.2) is 0 Å². The van der Waals surface area contributed by atoms with Crippen molar-refractivity contribution in [3.63, 3.8) is 0 Å². The van der Waals surface area contributed by atoms with Crippen LogP contribution in [0, 0.1) is 11.3 Å². The molecule has 0 saturated heterocycles. The first-order valence-electron chi connectivity index (χ1n) is 11.8. The Morgan fingerprint density at radius 2 is 1.59 bits per heavy atom. The van der Waals surface area contributed by atoms with E-state index in [4.69, 9.17) is 4.74 Å². The molecule has 0 aliphatic heterocycles. The number of carbonyl (C=O) groups is 3. The minimum atomic E-state index is -1.06. The first kappa shape index (κ1) is 25.3. The second kappa shape index (κ2) is 10.7. The molecular weight excluding hydrogens is 432 g/mol. The van der Waals surface area contributed by atoms with Crippen molar-refractivity contribution in [1.82, 2.24) is 10.6 Å². The number of benzene rings is 2. The average Bonchev–Trinajstić information content (AvgIpc) is 3.14. The Labute approximate surface area is 200 Å². The average molecular weight is 467 g/mol. The SMILES string of the molecule is CCC(C)(CNC(=O)OCC1c2ccccc2-c2ccccc21)C(=O)N[C@@H](CC(C)C)C(=O)O. The monoisotopic (exact) mass is 466 g/mol. The minimum absolute atomic E-state index is 0.0417. The van der Waals surface area contributed by atoms with E-state index in [9.17, 15) is 19.5 Å². The van der Waals surface area contributed by atoms with Crippen molar-refractivity contribution in [2.24, 2.45) is 11.3 Å². The Morgan fingerprint density at radius 1 is 1.03 bits per heavy atom. The fraction of sp³-hybridized carbons (Fsp3) is 0.444. The largest absolute Gasteiger partial charge is 0.480 e. The normalized spacial score (nSPS) is 15.1. The van der Waals surface area contributed by atoms with Gasteiger partial charge in [-0.2, -0.15) is 0 Å². The summed E-state index contributed by atoms with van der Waals surface area (Å²) in [6.07, 6.45) is 0.156. The zero-order chi connectivity index (χ0) is 24.9. The number of carboxylic acid groups (broad SMARTS) is 1. The van der Waals surface area contributed by atoms with Gasteiger partial charge in [0.25, 0.3) is 0 Å². The highest BCUT2D eigenvalue weighted by Crippen LogP contribution is 2.44. The molecule has 0 saturated carbocycles. The van der Waals surface area contributed by atoms with Crippen molar-refractivity contribution in [2.75, 3.05) is 13.2 Å². The molecule has 1 unspecified atom stereocenters. The number of carbonyl (C=O) groups excluding carboxylic acids is 2. The summed E-state index contributed by atoms with van der Waals surface area (Å²) in [4.78, 5) is 36.9. The molecule has 2 aromatic rings. The van der Waals surface area contributed by atoms with Gasteiger partial charge in [-0.1, -0.05) is 69.3 Å². The molecule has 0 radical (unpaired) electrons. The highest BCUT2D eigenvalue weighted by Gasteiger charge is 2.35. The lowest BCUT2D eigenvalue weighted by Crippen LogP contribution is -2.51. The number of aliphatic carboxylic acids is 1. The standard InChI is InChI=1S/C27H34N2O5/c1-5-27(4,25(32)29-23(24(30)31)14-17(2)3)16-28-26(33)34-15-22-20-12-8-6-10-18(20)19-11-7-9-13-21(19)22/h6-13,17,22-23H,5,14-16H2,1-4H3,(H,28,33)(H,29,32)(H,30,31)/t23-,27?/m0/s1. The molecule has 34 heavy (non-hydrogen) atoms. The number of rotatable bonds is 10. The molecule has 182 valence electrons. The fourth-order valence-electron chi connectivity index (χ4n) is 4.31. The summed E-state index contributed by atoms with van der Waals surface area (Å²) in [5.74, 6) is -1.40. The van der Waals surface area contributed by atoms with Gasteiger partial charge in [-0.25, -0.2) is 9.59 Å². The molecule has 0 heterocycles. The molecule has 7 nitrogen and oxygen atoms in total. The first-order chi connectivity index (χ1) is 16.2. The van der Waals surface area contributed by atoms with Gasteiger partial charge in [0.05, 0.1) is 5.41 Å².